The number of benzene rings is 2. The minimum atomic E-state index is -0.302. The fraction of sp³-hybridized carbons (Fsp3) is 0.211. The fourth-order valence-corrected chi connectivity index (χ4v) is 2.57. The van der Waals surface area contributed by atoms with Gasteiger partial charge in [0, 0.05) is 5.92 Å². The largest absolute Gasteiger partial charge is 0.456 e. The van der Waals surface area contributed by atoms with Gasteiger partial charge in [-0.25, -0.2) is 0 Å². The van der Waals surface area contributed by atoms with Crippen LogP contribution >= 0.6 is 0 Å². The summed E-state index contributed by atoms with van der Waals surface area (Å²) in [7, 11) is 0. The number of rotatable bonds is 6. The summed E-state index contributed by atoms with van der Waals surface area (Å²) in [5, 5.41) is 3.67. The molecule has 3 aromatic rings. The molecular weight excluding hydrogens is 304 g/mol. The molecule has 24 heavy (non-hydrogen) atoms. The Morgan fingerprint density at radius 3 is 2.12 bits per heavy atom. The first kappa shape index (κ1) is 15.9. The van der Waals surface area contributed by atoms with Crippen molar-refractivity contribution in [3.05, 3.63) is 83.5 Å². The Morgan fingerprint density at radius 2 is 1.62 bits per heavy atom. The molecule has 0 saturated carbocycles. The van der Waals surface area contributed by atoms with Crippen LogP contribution in [0.2, 0.25) is 0 Å². The van der Waals surface area contributed by atoms with Crippen LogP contribution in [0.15, 0.2) is 65.2 Å². The second kappa shape index (κ2) is 7.55. The molecule has 1 heterocycles. The highest BCUT2D eigenvalue weighted by Crippen LogP contribution is 2.28. The van der Waals surface area contributed by atoms with Crippen LogP contribution < -0.4 is 0 Å². The summed E-state index contributed by atoms with van der Waals surface area (Å²) >= 11 is 0. The molecule has 1 aromatic heterocycles. The molecule has 0 aliphatic carbocycles. The molecule has 2 aromatic carbocycles. The lowest BCUT2D eigenvalue weighted by Crippen LogP contribution is -2.12. The van der Waals surface area contributed by atoms with Gasteiger partial charge in [-0.2, -0.15) is 4.98 Å². The van der Waals surface area contributed by atoms with Crippen molar-refractivity contribution in [2.45, 2.75) is 25.9 Å². The second-order valence-electron chi connectivity index (χ2n) is 5.47. The Hall–Kier alpha value is -2.95. The van der Waals surface area contributed by atoms with Gasteiger partial charge in [-0.05, 0) is 18.1 Å². The third-order valence-corrected chi connectivity index (χ3v) is 3.70. The standard InChI is InChI=1S/C19H18N2O3/c1-14-20-18(24-21-14)13-23-19(22)12-17(15-8-4-2-5-9-15)16-10-6-3-7-11-16/h2-11,17H,12-13H2,1H3. The predicted octanol–water partition coefficient (Wildman–Crippen LogP) is 3.64. The van der Waals surface area contributed by atoms with Crippen LogP contribution in [0.1, 0.15) is 35.2 Å². The molecule has 5 heteroatoms. The van der Waals surface area contributed by atoms with E-state index in [0.717, 1.165) is 11.1 Å². The average Bonchev–Trinajstić information content (AvgIpc) is 3.05. The van der Waals surface area contributed by atoms with Crippen molar-refractivity contribution in [3.63, 3.8) is 0 Å². The van der Waals surface area contributed by atoms with E-state index in [-0.39, 0.29) is 24.9 Å². The number of hydrogen-bond donors (Lipinski definition) is 0. The van der Waals surface area contributed by atoms with E-state index >= 15 is 0 Å². The van der Waals surface area contributed by atoms with E-state index in [1.54, 1.807) is 6.92 Å². The molecule has 0 bridgehead atoms. The smallest absolute Gasteiger partial charge is 0.307 e. The summed E-state index contributed by atoms with van der Waals surface area (Å²) in [4.78, 5) is 16.3. The molecule has 0 amide bonds. The van der Waals surface area contributed by atoms with Crippen molar-refractivity contribution < 1.29 is 14.1 Å². The van der Waals surface area contributed by atoms with E-state index < -0.39 is 0 Å². The zero-order valence-electron chi connectivity index (χ0n) is 13.4. The number of aromatic nitrogens is 2. The summed E-state index contributed by atoms with van der Waals surface area (Å²) in [5.74, 6) is 0.470. The van der Waals surface area contributed by atoms with Crippen molar-refractivity contribution in [1.29, 1.82) is 0 Å². The van der Waals surface area contributed by atoms with Gasteiger partial charge in [-0.15, -0.1) is 0 Å². The summed E-state index contributed by atoms with van der Waals surface area (Å²) < 4.78 is 10.2. The van der Waals surface area contributed by atoms with Gasteiger partial charge in [-0.1, -0.05) is 65.8 Å². The van der Waals surface area contributed by atoms with Crippen molar-refractivity contribution >= 4 is 5.97 Å². The van der Waals surface area contributed by atoms with Crippen LogP contribution in [0.4, 0.5) is 0 Å². The first-order chi connectivity index (χ1) is 11.7. The van der Waals surface area contributed by atoms with Crippen LogP contribution in [0, 0.1) is 6.92 Å². The third kappa shape index (κ3) is 4.07. The van der Waals surface area contributed by atoms with Crippen molar-refractivity contribution in [1.82, 2.24) is 10.1 Å². The van der Waals surface area contributed by atoms with E-state index in [1.165, 1.54) is 0 Å². The van der Waals surface area contributed by atoms with E-state index in [2.05, 4.69) is 10.1 Å². The lowest BCUT2D eigenvalue weighted by Gasteiger charge is -2.17. The molecule has 0 aliphatic heterocycles. The van der Waals surface area contributed by atoms with Crippen LogP contribution in [0.25, 0.3) is 0 Å². The molecule has 0 fully saturated rings. The Balaban J connectivity index is 1.71. The highest BCUT2D eigenvalue weighted by molar-refractivity contribution is 5.71. The zero-order valence-corrected chi connectivity index (χ0v) is 13.4. The molecule has 0 N–H and O–H groups in total. The summed E-state index contributed by atoms with van der Waals surface area (Å²) in [6, 6.07) is 19.9. The van der Waals surface area contributed by atoms with Crippen molar-refractivity contribution in [2.75, 3.05) is 0 Å². The Labute approximate surface area is 140 Å². The number of hydrogen-bond acceptors (Lipinski definition) is 5. The Bertz CT molecular complexity index is 745. The van der Waals surface area contributed by atoms with Gasteiger partial charge in [-0.3, -0.25) is 4.79 Å². The van der Waals surface area contributed by atoms with E-state index in [0.29, 0.717) is 11.7 Å². The molecule has 3 rings (SSSR count). The lowest BCUT2D eigenvalue weighted by molar-refractivity contribution is -0.146. The number of aryl methyl sites for hydroxylation is 1. The van der Waals surface area contributed by atoms with E-state index in [4.69, 9.17) is 9.26 Å². The molecular formula is C19H18N2O3. The first-order valence-corrected chi connectivity index (χ1v) is 7.77. The molecule has 0 atom stereocenters. The molecule has 0 aliphatic rings. The maximum Gasteiger partial charge on any atom is 0.307 e. The number of nitrogens with zero attached hydrogens (tertiary/aromatic N) is 2. The summed E-state index contributed by atoms with van der Waals surface area (Å²) in [6.07, 6.45) is 0.251. The topological polar surface area (TPSA) is 65.2 Å². The van der Waals surface area contributed by atoms with Gasteiger partial charge < -0.3 is 9.26 Å². The van der Waals surface area contributed by atoms with Crippen LogP contribution in [0.3, 0.4) is 0 Å². The van der Waals surface area contributed by atoms with Crippen LogP contribution in [-0.4, -0.2) is 16.1 Å². The van der Waals surface area contributed by atoms with Gasteiger partial charge in [0.2, 0.25) is 0 Å². The van der Waals surface area contributed by atoms with Gasteiger partial charge in [0.1, 0.15) is 0 Å². The normalized spacial score (nSPS) is 10.8. The maximum absolute atomic E-state index is 12.3. The highest BCUT2D eigenvalue weighted by Gasteiger charge is 2.19. The number of ether oxygens (including phenoxy) is 1. The third-order valence-electron chi connectivity index (χ3n) is 3.70. The quantitative estimate of drug-likeness (QED) is 0.648. The molecule has 0 unspecified atom stereocenters. The molecule has 0 radical (unpaired) electrons. The van der Waals surface area contributed by atoms with Crippen LogP contribution in [-0.2, 0) is 16.1 Å². The minimum absolute atomic E-state index is 0.00400. The minimum Gasteiger partial charge on any atom is -0.456 e. The summed E-state index contributed by atoms with van der Waals surface area (Å²) in [5.41, 5.74) is 2.16. The Kier molecular flexibility index (Phi) is 5.01. The Morgan fingerprint density at radius 1 is 1.04 bits per heavy atom. The number of carbonyl (C=O) groups excluding carboxylic acids is 1. The van der Waals surface area contributed by atoms with E-state index in [9.17, 15) is 4.79 Å². The second-order valence-corrected chi connectivity index (χ2v) is 5.47. The summed E-state index contributed by atoms with van der Waals surface area (Å²) in [6.45, 7) is 1.71. The molecule has 122 valence electrons. The maximum atomic E-state index is 12.3. The SMILES string of the molecule is Cc1noc(COC(=O)CC(c2ccccc2)c2ccccc2)n1. The molecule has 5 nitrogen and oxygen atoms in total. The molecule has 0 spiro atoms. The highest BCUT2D eigenvalue weighted by atomic mass is 16.6. The van der Waals surface area contributed by atoms with Crippen molar-refractivity contribution in [2.24, 2.45) is 0 Å². The van der Waals surface area contributed by atoms with Crippen LogP contribution in [0.5, 0.6) is 0 Å². The van der Waals surface area contributed by atoms with Gasteiger partial charge >= 0.3 is 5.97 Å². The van der Waals surface area contributed by atoms with Gasteiger partial charge in [0.25, 0.3) is 5.89 Å². The van der Waals surface area contributed by atoms with Gasteiger partial charge in [0.15, 0.2) is 12.4 Å². The van der Waals surface area contributed by atoms with E-state index in [1.807, 2.05) is 60.7 Å². The monoisotopic (exact) mass is 322 g/mol. The number of carbonyl (C=O) groups is 1. The average molecular weight is 322 g/mol. The first-order valence-electron chi connectivity index (χ1n) is 7.77. The predicted molar refractivity (Wildman–Crippen MR) is 88.2 cm³/mol. The van der Waals surface area contributed by atoms with Crippen molar-refractivity contribution in [3.8, 4) is 0 Å². The lowest BCUT2D eigenvalue weighted by atomic mass is 9.89. The van der Waals surface area contributed by atoms with Gasteiger partial charge in [0.05, 0.1) is 6.42 Å². The number of esters is 1. The molecule has 0 saturated heterocycles. The fourth-order valence-electron chi connectivity index (χ4n) is 2.57. The zero-order chi connectivity index (χ0) is 16.8.